The minimum Gasteiger partial charge on any atom is -0.508 e. The Bertz CT molecular complexity index is 410. The van der Waals surface area contributed by atoms with E-state index in [4.69, 9.17) is 5.73 Å². The molecule has 1 atom stereocenters. The van der Waals surface area contributed by atoms with Crippen molar-refractivity contribution in [2.24, 2.45) is 11.1 Å². The number of nitrogens with zero attached hydrogens (tertiary/aromatic N) is 1. The zero-order chi connectivity index (χ0) is 12.5. The van der Waals surface area contributed by atoms with Crippen molar-refractivity contribution >= 4 is 5.69 Å². The third-order valence-electron chi connectivity index (χ3n) is 2.49. The van der Waals surface area contributed by atoms with E-state index in [1.54, 1.807) is 0 Å². The largest absolute Gasteiger partial charge is 0.508 e. The van der Waals surface area contributed by atoms with Gasteiger partial charge < -0.3 is 10.8 Å². The van der Waals surface area contributed by atoms with Crippen molar-refractivity contribution in [2.45, 2.75) is 26.8 Å². The molecule has 0 bridgehead atoms. The van der Waals surface area contributed by atoms with E-state index in [1.165, 1.54) is 18.2 Å². The molecular formula is C11H16N2O3. The van der Waals surface area contributed by atoms with Crippen molar-refractivity contribution in [3.63, 3.8) is 0 Å². The highest BCUT2D eigenvalue weighted by atomic mass is 16.6. The first-order valence-electron chi connectivity index (χ1n) is 4.96. The van der Waals surface area contributed by atoms with E-state index in [0.717, 1.165) is 0 Å². The second-order valence-electron chi connectivity index (χ2n) is 4.84. The summed E-state index contributed by atoms with van der Waals surface area (Å²) in [6, 6.07) is 3.44. The van der Waals surface area contributed by atoms with Gasteiger partial charge in [0.15, 0.2) is 0 Å². The van der Waals surface area contributed by atoms with Gasteiger partial charge in [0.05, 0.1) is 4.92 Å². The number of nitro benzene ring substituents is 1. The summed E-state index contributed by atoms with van der Waals surface area (Å²) in [5, 5.41) is 20.3. The molecule has 0 unspecified atom stereocenters. The van der Waals surface area contributed by atoms with E-state index in [0.29, 0.717) is 5.56 Å². The van der Waals surface area contributed by atoms with Gasteiger partial charge in [-0.2, -0.15) is 0 Å². The Morgan fingerprint density at radius 2 is 2.00 bits per heavy atom. The van der Waals surface area contributed by atoms with E-state index >= 15 is 0 Å². The van der Waals surface area contributed by atoms with Crippen LogP contribution in [0.3, 0.4) is 0 Å². The molecule has 0 fully saturated rings. The average molecular weight is 224 g/mol. The lowest BCUT2D eigenvalue weighted by Gasteiger charge is -2.27. The number of benzene rings is 1. The van der Waals surface area contributed by atoms with E-state index in [2.05, 4.69) is 0 Å². The molecule has 16 heavy (non-hydrogen) atoms. The monoisotopic (exact) mass is 224 g/mol. The summed E-state index contributed by atoms with van der Waals surface area (Å²) in [6.07, 6.45) is 0. The average Bonchev–Trinajstić information content (AvgIpc) is 2.15. The second kappa shape index (κ2) is 4.09. The number of hydrogen-bond donors (Lipinski definition) is 2. The molecule has 0 amide bonds. The van der Waals surface area contributed by atoms with Crippen LogP contribution in [0, 0.1) is 15.5 Å². The lowest BCUT2D eigenvalue weighted by atomic mass is 9.82. The zero-order valence-electron chi connectivity index (χ0n) is 9.60. The molecule has 0 aliphatic rings. The topological polar surface area (TPSA) is 89.4 Å². The molecule has 0 spiro atoms. The SMILES string of the molecule is CC(C)(C)[C@H](N)c1cc([N+](=O)[O-])ccc1O. The predicted molar refractivity (Wildman–Crippen MR) is 61.1 cm³/mol. The van der Waals surface area contributed by atoms with Crippen molar-refractivity contribution in [1.82, 2.24) is 0 Å². The second-order valence-corrected chi connectivity index (χ2v) is 4.84. The summed E-state index contributed by atoms with van der Waals surface area (Å²) in [6.45, 7) is 5.74. The van der Waals surface area contributed by atoms with Gasteiger partial charge in [0.2, 0.25) is 0 Å². The highest BCUT2D eigenvalue weighted by Gasteiger charge is 2.26. The standard InChI is InChI=1S/C11H16N2O3/c1-11(2,3)10(12)8-6-7(13(15)16)4-5-9(8)14/h4-6,10,14H,12H2,1-3H3/t10-/m1/s1. The first-order valence-corrected chi connectivity index (χ1v) is 4.96. The van der Waals surface area contributed by atoms with E-state index < -0.39 is 11.0 Å². The van der Waals surface area contributed by atoms with Crippen molar-refractivity contribution in [3.05, 3.63) is 33.9 Å². The van der Waals surface area contributed by atoms with Crippen LogP contribution in [0.15, 0.2) is 18.2 Å². The van der Waals surface area contributed by atoms with Gasteiger partial charge in [-0.05, 0) is 11.5 Å². The number of phenols is 1. The van der Waals surface area contributed by atoms with Crippen molar-refractivity contribution in [3.8, 4) is 5.75 Å². The van der Waals surface area contributed by atoms with Gasteiger partial charge in [0.1, 0.15) is 5.75 Å². The van der Waals surface area contributed by atoms with Crippen LogP contribution in [-0.2, 0) is 0 Å². The van der Waals surface area contributed by atoms with Crippen molar-refractivity contribution < 1.29 is 10.0 Å². The van der Waals surface area contributed by atoms with Crippen LogP contribution in [0.4, 0.5) is 5.69 Å². The maximum atomic E-state index is 10.6. The van der Waals surface area contributed by atoms with Gasteiger partial charge in [-0.1, -0.05) is 20.8 Å². The Balaban J connectivity index is 3.22. The molecule has 1 rings (SSSR count). The Morgan fingerprint density at radius 3 is 2.44 bits per heavy atom. The van der Waals surface area contributed by atoms with Crippen molar-refractivity contribution in [1.29, 1.82) is 0 Å². The van der Waals surface area contributed by atoms with Crippen LogP contribution in [-0.4, -0.2) is 10.0 Å². The maximum Gasteiger partial charge on any atom is 0.270 e. The Hall–Kier alpha value is -1.62. The molecule has 5 nitrogen and oxygen atoms in total. The van der Waals surface area contributed by atoms with Gasteiger partial charge in [-0.25, -0.2) is 0 Å². The molecule has 0 aliphatic carbocycles. The first-order chi connectivity index (χ1) is 7.23. The number of nitro groups is 1. The van der Waals surface area contributed by atoms with Crippen molar-refractivity contribution in [2.75, 3.05) is 0 Å². The van der Waals surface area contributed by atoms with Crippen LogP contribution < -0.4 is 5.73 Å². The summed E-state index contributed by atoms with van der Waals surface area (Å²) >= 11 is 0. The van der Waals surface area contributed by atoms with Gasteiger partial charge in [-0.15, -0.1) is 0 Å². The quantitative estimate of drug-likeness (QED) is 0.596. The molecule has 0 saturated carbocycles. The Kier molecular flexibility index (Phi) is 3.19. The number of aromatic hydroxyl groups is 1. The van der Waals surface area contributed by atoms with Crippen LogP contribution in [0.25, 0.3) is 0 Å². The van der Waals surface area contributed by atoms with Crippen LogP contribution in [0.1, 0.15) is 32.4 Å². The van der Waals surface area contributed by atoms with Gasteiger partial charge in [0, 0.05) is 23.7 Å². The Labute approximate surface area is 94.0 Å². The minimum atomic E-state index is -0.502. The molecule has 1 aromatic rings. The van der Waals surface area contributed by atoms with E-state index in [9.17, 15) is 15.2 Å². The molecule has 88 valence electrons. The molecule has 5 heteroatoms. The smallest absolute Gasteiger partial charge is 0.270 e. The molecular weight excluding hydrogens is 208 g/mol. The number of rotatable bonds is 2. The number of nitrogens with two attached hydrogens (primary N) is 1. The highest BCUT2D eigenvalue weighted by molar-refractivity contribution is 5.45. The normalized spacial score (nSPS) is 13.5. The van der Waals surface area contributed by atoms with Gasteiger partial charge in [-0.3, -0.25) is 10.1 Å². The third-order valence-corrected chi connectivity index (χ3v) is 2.49. The minimum absolute atomic E-state index is 0.00646. The Morgan fingerprint density at radius 1 is 1.44 bits per heavy atom. The lowest BCUT2D eigenvalue weighted by Crippen LogP contribution is -2.26. The maximum absolute atomic E-state index is 10.6. The van der Waals surface area contributed by atoms with E-state index in [1.807, 2.05) is 20.8 Å². The number of non-ortho nitro benzene ring substituents is 1. The molecule has 1 aromatic carbocycles. The van der Waals surface area contributed by atoms with Gasteiger partial charge >= 0.3 is 0 Å². The summed E-state index contributed by atoms with van der Waals surface area (Å²) in [5.74, 6) is -0.00646. The summed E-state index contributed by atoms with van der Waals surface area (Å²) in [4.78, 5) is 10.1. The summed E-state index contributed by atoms with van der Waals surface area (Å²) < 4.78 is 0. The fourth-order valence-electron chi connectivity index (χ4n) is 1.37. The van der Waals surface area contributed by atoms with Crippen LogP contribution in [0.2, 0.25) is 0 Å². The molecule has 0 radical (unpaired) electrons. The zero-order valence-corrected chi connectivity index (χ0v) is 9.60. The predicted octanol–water partition coefficient (Wildman–Crippen LogP) is 2.35. The number of hydrogen-bond acceptors (Lipinski definition) is 4. The molecule has 0 aliphatic heterocycles. The molecule has 0 saturated heterocycles. The number of phenolic OH excluding ortho intramolecular Hbond substituents is 1. The van der Waals surface area contributed by atoms with Crippen LogP contribution in [0.5, 0.6) is 5.75 Å². The highest BCUT2D eigenvalue weighted by Crippen LogP contribution is 2.36. The molecule has 3 N–H and O–H groups in total. The van der Waals surface area contributed by atoms with E-state index in [-0.39, 0.29) is 16.9 Å². The molecule has 0 heterocycles. The fraction of sp³-hybridized carbons (Fsp3) is 0.455. The van der Waals surface area contributed by atoms with Gasteiger partial charge in [0.25, 0.3) is 5.69 Å². The summed E-state index contributed by atoms with van der Waals surface area (Å²) in [5.41, 5.74) is 6.03. The summed E-state index contributed by atoms with van der Waals surface area (Å²) in [7, 11) is 0. The first kappa shape index (κ1) is 12.4. The fourth-order valence-corrected chi connectivity index (χ4v) is 1.37. The third kappa shape index (κ3) is 2.49. The lowest BCUT2D eigenvalue weighted by molar-refractivity contribution is -0.385. The molecule has 0 aromatic heterocycles. The van der Waals surface area contributed by atoms with Crippen LogP contribution >= 0.6 is 0 Å².